The molecule has 0 saturated heterocycles. The number of hydrogen-bond acceptors (Lipinski definition) is 2. The van der Waals surface area contributed by atoms with Gasteiger partial charge in [0, 0.05) is 6.42 Å². The molecule has 16 heavy (non-hydrogen) atoms. The van der Waals surface area contributed by atoms with E-state index in [0.29, 0.717) is 6.42 Å². The number of aldehydes is 1. The van der Waals surface area contributed by atoms with Crippen LogP contribution < -0.4 is 0 Å². The van der Waals surface area contributed by atoms with E-state index in [1.165, 1.54) is 0 Å². The Hall–Kier alpha value is -0.853. The molecule has 0 bridgehead atoms. The standard InChI is InChI=1S/C13H22O2Si/c1-7-8-9-12(10-11-14)15-16(5,6)13(2,3)4/h1,8-9,11-12H,10H2,2-6H3/b9-8-/t12-/m1/s1. The van der Waals surface area contributed by atoms with Crippen LogP contribution in [-0.2, 0) is 9.22 Å². The van der Waals surface area contributed by atoms with Crippen LogP contribution in [0.4, 0.5) is 0 Å². The Morgan fingerprint density at radius 3 is 2.38 bits per heavy atom. The minimum atomic E-state index is -1.83. The van der Waals surface area contributed by atoms with Crippen LogP contribution >= 0.6 is 0 Å². The second kappa shape index (κ2) is 6.02. The van der Waals surface area contributed by atoms with Gasteiger partial charge in [0.05, 0.1) is 6.10 Å². The number of allylic oxidation sites excluding steroid dienone is 1. The average Bonchev–Trinajstić information content (AvgIpc) is 2.12. The molecule has 0 amide bonds. The maximum Gasteiger partial charge on any atom is 0.192 e. The van der Waals surface area contributed by atoms with Crippen LogP contribution in [0, 0.1) is 12.3 Å². The molecule has 3 heteroatoms. The summed E-state index contributed by atoms with van der Waals surface area (Å²) in [5.41, 5.74) is 0. The van der Waals surface area contributed by atoms with E-state index in [4.69, 9.17) is 10.8 Å². The molecule has 0 rings (SSSR count). The van der Waals surface area contributed by atoms with E-state index in [2.05, 4.69) is 39.8 Å². The van der Waals surface area contributed by atoms with E-state index in [1.807, 2.05) is 0 Å². The quantitative estimate of drug-likeness (QED) is 0.418. The van der Waals surface area contributed by atoms with E-state index in [1.54, 1.807) is 12.2 Å². The number of rotatable bonds is 5. The van der Waals surface area contributed by atoms with E-state index in [9.17, 15) is 4.79 Å². The summed E-state index contributed by atoms with van der Waals surface area (Å²) in [7, 11) is -1.83. The first kappa shape index (κ1) is 15.1. The summed E-state index contributed by atoms with van der Waals surface area (Å²) in [6.45, 7) is 10.8. The molecule has 2 nitrogen and oxygen atoms in total. The zero-order chi connectivity index (χ0) is 12.8. The van der Waals surface area contributed by atoms with E-state index in [0.717, 1.165) is 6.29 Å². The second-order valence-corrected chi connectivity index (χ2v) is 10.1. The highest BCUT2D eigenvalue weighted by Crippen LogP contribution is 2.37. The summed E-state index contributed by atoms with van der Waals surface area (Å²) in [5, 5.41) is 0.137. The normalized spacial score (nSPS) is 14.8. The minimum Gasteiger partial charge on any atom is -0.410 e. The highest BCUT2D eigenvalue weighted by Gasteiger charge is 2.38. The van der Waals surface area contributed by atoms with Gasteiger partial charge in [0.15, 0.2) is 8.32 Å². The van der Waals surface area contributed by atoms with Crippen molar-refractivity contribution in [3.05, 3.63) is 12.2 Å². The molecule has 0 heterocycles. The van der Waals surface area contributed by atoms with Gasteiger partial charge < -0.3 is 9.22 Å². The first-order valence-corrected chi connectivity index (χ1v) is 8.39. The molecule has 90 valence electrons. The van der Waals surface area contributed by atoms with Gasteiger partial charge in [-0.1, -0.05) is 26.7 Å². The number of carbonyl (C=O) groups is 1. The summed E-state index contributed by atoms with van der Waals surface area (Å²) < 4.78 is 6.07. The molecular formula is C13H22O2Si. The molecule has 0 unspecified atom stereocenters. The van der Waals surface area contributed by atoms with Gasteiger partial charge in [-0.2, -0.15) is 0 Å². The van der Waals surface area contributed by atoms with Gasteiger partial charge in [-0.25, -0.2) is 0 Å². The Morgan fingerprint density at radius 2 is 2.00 bits per heavy atom. The molecule has 0 spiro atoms. The lowest BCUT2D eigenvalue weighted by molar-refractivity contribution is -0.108. The van der Waals surface area contributed by atoms with Crippen molar-refractivity contribution in [2.45, 2.75) is 51.4 Å². The molecular weight excluding hydrogens is 216 g/mol. The highest BCUT2D eigenvalue weighted by atomic mass is 28.4. The van der Waals surface area contributed by atoms with Crippen molar-refractivity contribution in [1.82, 2.24) is 0 Å². The third-order valence-electron chi connectivity index (χ3n) is 2.99. The Morgan fingerprint density at radius 1 is 1.44 bits per heavy atom. The second-order valence-electron chi connectivity index (χ2n) is 5.34. The molecule has 0 aliphatic heterocycles. The molecule has 1 atom stereocenters. The SMILES string of the molecule is C#C/C=C\[C@H](CC=O)O[Si](C)(C)C(C)(C)C. The molecule has 0 saturated carbocycles. The summed E-state index contributed by atoms with van der Waals surface area (Å²) in [6.07, 6.45) is 9.59. The molecule has 0 aliphatic rings. The van der Waals surface area contributed by atoms with Gasteiger partial charge in [-0.05, 0) is 30.3 Å². The fraction of sp³-hybridized carbons (Fsp3) is 0.615. The summed E-state index contributed by atoms with van der Waals surface area (Å²) in [4.78, 5) is 10.6. The van der Waals surface area contributed by atoms with Crippen molar-refractivity contribution in [3.63, 3.8) is 0 Å². The maximum atomic E-state index is 10.6. The van der Waals surface area contributed by atoms with Crippen molar-refractivity contribution in [1.29, 1.82) is 0 Å². The summed E-state index contributed by atoms with van der Waals surface area (Å²) in [5.74, 6) is 2.42. The van der Waals surface area contributed by atoms with Gasteiger partial charge in [-0.3, -0.25) is 0 Å². The van der Waals surface area contributed by atoms with Crippen LogP contribution in [0.3, 0.4) is 0 Å². The van der Waals surface area contributed by atoms with E-state index < -0.39 is 8.32 Å². The molecule has 0 aliphatic carbocycles. The van der Waals surface area contributed by atoms with Crippen molar-refractivity contribution < 1.29 is 9.22 Å². The smallest absolute Gasteiger partial charge is 0.192 e. The van der Waals surface area contributed by atoms with E-state index in [-0.39, 0.29) is 11.1 Å². The zero-order valence-electron chi connectivity index (χ0n) is 10.9. The summed E-state index contributed by atoms with van der Waals surface area (Å²) >= 11 is 0. The van der Waals surface area contributed by atoms with Gasteiger partial charge >= 0.3 is 0 Å². The van der Waals surface area contributed by atoms with Crippen molar-refractivity contribution in [3.8, 4) is 12.3 Å². The topological polar surface area (TPSA) is 26.3 Å². The number of terminal acetylenes is 1. The first-order chi connectivity index (χ1) is 7.24. The lowest BCUT2D eigenvalue weighted by Gasteiger charge is -2.38. The fourth-order valence-electron chi connectivity index (χ4n) is 0.979. The lowest BCUT2D eigenvalue weighted by Crippen LogP contribution is -2.43. The van der Waals surface area contributed by atoms with Gasteiger partial charge in [0.25, 0.3) is 0 Å². The Bertz CT molecular complexity index is 292. The molecule has 0 fully saturated rings. The van der Waals surface area contributed by atoms with Gasteiger partial charge in [0.2, 0.25) is 0 Å². The van der Waals surface area contributed by atoms with Crippen LogP contribution in [0.25, 0.3) is 0 Å². The lowest BCUT2D eigenvalue weighted by atomic mass is 10.2. The maximum absolute atomic E-state index is 10.6. The van der Waals surface area contributed by atoms with Crippen LogP contribution in [0.2, 0.25) is 18.1 Å². The largest absolute Gasteiger partial charge is 0.410 e. The van der Waals surface area contributed by atoms with Crippen molar-refractivity contribution >= 4 is 14.6 Å². The van der Waals surface area contributed by atoms with Gasteiger partial charge in [0.1, 0.15) is 6.29 Å². The zero-order valence-corrected chi connectivity index (χ0v) is 11.9. The number of hydrogen-bond donors (Lipinski definition) is 0. The predicted octanol–water partition coefficient (Wildman–Crippen LogP) is 3.16. The number of carbonyl (C=O) groups excluding carboxylic acids is 1. The van der Waals surface area contributed by atoms with Crippen LogP contribution in [-0.4, -0.2) is 20.7 Å². The Kier molecular flexibility index (Phi) is 5.70. The van der Waals surface area contributed by atoms with Crippen molar-refractivity contribution in [2.24, 2.45) is 0 Å². The fourth-order valence-corrected chi connectivity index (χ4v) is 2.26. The Labute approximate surface area is 100 Å². The monoisotopic (exact) mass is 238 g/mol. The molecule has 0 N–H and O–H groups in total. The van der Waals surface area contributed by atoms with Crippen molar-refractivity contribution in [2.75, 3.05) is 0 Å². The van der Waals surface area contributed by atoms with Crippen LogP contribution in [0.1, 0.15) is 27.2 Å². The third kappa shape index (κ3) is 4.78. The third-order valence-corrected chi connectivity index (χ3v) is 7.49. The summed E-state index contributed by atoms with van der Waals surface area (Å²) in [6, 6.07) is 0. The highest BCUT2D eigenvalue weighted by molar-refractivity contribution is 6.74. The first-order valence-electron chi connectivity index (χ1n) is 5.49. The van der Waals surface area contributed by atoms with Gasteiger partial charge in [-0.15, -0.1) is 6.42 Å². The van der Waals surface area contributed by atoms with Crippen LogP contribution in [0.15, 0.2) is 12.2 Å². The minimum absolute atomic E-state index is 0.137. The molecule has 0 aromatic carbocycles. The van der Waals surface area contributed by atoms with E-state index >= 15 is 0 Å². The molecule has 0 aromatic rings. The molecule has 0 aromatic heterocycles. The average molecular weight is 238 g/mol. The molecule has 0 radical (unpaired) electrons. The Balaban J connectivity index is 4.69. The van der Waals surface area contributed by atoms with Crippen LogP contribution in [0.5, 0.6) is 0 Å². The predicted molar refractivity (Wildman–Crippen MR) is 70.7 cm³/mol.